The van der Waals surface area contributed by atoms with Gasteiger partial charge in [-0.15, -0.1) is 22.7 Å². The van der Waals surface area contributed by atoms with Gasteiger partial charge in [0.2, 0.25) is 0 Å². The highest BCUT2D eigenvalue weighted by Crippen LogP contribution is 2.32. The number of thiazole rings is 1. The van der Waals surface area contributed by atoms with Crippen molar-refractivity contribution in [3.8, 4) is 10.6 Å². The Kier molecular flexibility index (Phi) is 4.22. The van der Waals surface area contributed by atoms with Crippen LogP contribution in [0.25, 0.3) is 31.0 Å². The van der Waals surface area contributed by atoms with Gasteiger partial charge in [-0.1, -0.05) is 24.3 Å². The molecular weight excluding hydrogens is 404 g/mol. The van der Waals surface area contributed by atoms with E-state index in [4.69, 9.17) is 0 Å². The molecule has 8 heteroatoms. The van der Waals surface area contributed by atoms with Crippen molar-refractivity contribution >= 4 is 54.7 Å². The van der Waals surface area contributed by atoms with Crippen LogP contribution < -0.4 is 10.9 Å². The molecule has 0 unspecified atom stereocenters. The number of nitrogens with zero attached hydrogens (tertiary/aromatic N) is 2. The Morgan fingerprint density at radius 2 is 1.97 bits per heavy atom. The zero-order valence-electron chi connectivity index (χ0n) is 15.2. The summed E-state index contributed by atoms with van der Waals surface area (Å²) in [6.07, 6.45) is 1.35. The third-order valence-electron chi connectivity index (χ3n) is 4.60. The van der Waals surface area contributed by atoms with Gasteiger partial charge in [-0.25, -0.2) is 9.97 Å². The van der Waals surface area contributed by atoms with Crippen LogP contribution in [0, 0.1) is 6.92 Å². The van der Waals surface area contributed by atoms with Crippen LogP contribution in [0.2, 0.25) is 0 Å². The first-order valence-corrected chi connectivity index (χ1v) is 10.5. The number of amides is 1. The van der Waals surface area contributed by atoms with E-state index >= 15 is 0 Å². The fourth-order valence-electron chi connectivity index (χ4n) is 3.21. The molecule has 6 nitrogen and oxygen atoms in total. The van der Waals surface area contributed by atoms with Gasteiger partial charge in [0.1, 0.15) is 9.84 Å². The molecule has 5 aromatic rings. The summed E-state index contributed by atoms with van der Waals surface area (Å²) in [4.78, 5) is 37.3. The Morgan fingerprint density at radius 1 is 1.10 bits per heavy atom. The average molecular weight is 419 g/mol. The molecule has 0 aliphatic carbocycles. The number of benzene rings is 2. The number of carbonyl (C=O) groups excluding carboxylic acids is 1. The maximum Gasteiger partial charge on any atom is 0.266 e. The van der Waals surface area contributed by atoms with Gasteiger partial charge in [0, 0.05) is 11.3 Å². The number of aryl methyl sites for hydroxylation is 1. The van der Waals surface area contributed by atoms with Crippen molar-refractivity contribution in [2.45, 2.75) is 6.92 Å². The summed E-state index contributed by atoms with van der Waals surface area (Å²) in [5.74, 6) is -0.258. The van der Waals surface area contributed by atoms with E-state index in [-0.39, 0.29) is 11.5 Å². The first-order chi connectivity index (χ1) is 14.1. The van der Waals surface area contributed by atoms with E-state index in [1.807, 2.05) is 48.5 Å². The van der Waals surface area contributed by atoms with Crippen LogP contribution in [0.5, 0.6) is 0 Å². The Balaban J connectivity index is 1.47. The largest absolute Gasteiger partial charge is 0.321 e. The molecule has 0 spiro atoms. The SMILES string of the molecule is Cc1c(C(=O)Nc2cccc(-c3nc4ccccc4s3)c2)sc2nc[nH]c(=O)c12. The lowest BCUT2D eigenvalue weighted by molar-refractivity contribution is 0.103. The molecule has 0 bridgehead atoms. The van der Waals surface area contributed by atoms with Crippen molar-refractivity contribution in [1.29, 1.82) is 0 Å². The first kappa shape index (κ1) is 17.7. The number of hydrogen-bond donors (Lipinski definition) is 2. The lowest BCUT2D eigenvalue weighted by Gasteiger charge is -2.06. The van der Waals surface area contributed by atoms with Crippen LogP contribution in [0.4, 0.5) is 5.69 Å². The maximum absolute atomic E-state index is 12.9. The number of hydrogen-bond acceptors (Lipinski definition) is 6. The number of para-hydroxylation sites is 1. The summed E-state index contributed by atoms with van der Waals surface area (Å²) in [5, 5.41) is 4.29. The summed E-state index contributed by atoms with van der Waals surface area (Å²) in [7, 11) is 0. The van der Waals surface area contributed by atoms with Crippen LogP contribution >= 0.6 is 22.7 Å². The molecule has 29 heavy (non-hydrogen) atoms. The minimum atomic E-state index is -0.258. The van der Waals surface area contributed by atoms with Gasteiger partial charge in [-0.3, -0.25) is 9.59 Å². The monoisotopic (exact) mass is 418 g/mol. The van der Waals surface area contributed by atoms with Crippen molar-refractivity contribution in [2.24, 2.45) is 0 Å². The smallest absolute Gasteiger partial charge is 0.266 e. The zero-order chi connectivity index (χ0) is 20.0. The Labute approximate surface area is 172 Å². The van der Waals surface area contributed by atoms with E-state index in [1.165, 1.54) is 17.7 Å². The number of rotatable bonds is 3. The molecule has 3 heterocycles. The molecule has 2 aromatic carbocycles. The normalized spacial score (nSPS) is 11.2. The van der Waals surface area contributed by atoms with Crippen molar-refractivity contribution in [2.75, 3.05) is 5.32 Å². The van der Waals surface area contributed by atoms with E-state index in [1.54, 1.807) is 18.3 Å². The van der Waals surface area contributed by atoms with Crippen LogP contribution in [-0.2, 0) is 0 Å². The third kappa shape index (κ3) is 3.12. The van der Waals surface area contributed by atoms with Crippen LogP contribution in [-0.4, -0.2) is 20.9 Å². The van der Waals surface area contributed by atoms with Crippen LogP contribution in [0.3, 0.4) is 0 Å². The van der Waals surface area contributed by atoms with Gasteiger partial charge in [-0.2, -0.15) is 0 Å². The average Bonchev–Trinajstić information content (AvgIpc) is 3.30. The lowest BCUT2D eigenvalue weighted by atomic mass is 10.2. The van der Waals surface area contributed by atoms with Gasteiger partial charge in [0.25, 0.3) is 11.5 Å². The number of nitrogens with one attached hydrogen (secondary N) is 2. The fourth-order valence-corrected chi connectivity index (χ4v) is 5.22. The molecule has 0 saturated carbocycles. The van der Waals surface area contributed by atoms with Crippen LogP contribution in [0.1, 0.15) is 15.2 Å². The molecule has 3 aromatic heterocycles. The third-order valence-corrected chi connectivity index (χ3v) is 6.88. The van der Waals surface area contributed by atoms with E-state index in [0.717, 1.165) is 20.8 Å². The Morgan fingerprint density at radius 3 is 2.79 bits per heavy atom. The summed E-state index contributed by atoms with van der Waals surface area (Å²) >= 11 is 2.83. The minimum absolute atomic E-state index is 0.236. The molecule has 2 N–H and O–H groups in total. The van der Waals surface area contributed by atoms with Crippen LogP contribution in [0.15, 0.2) is 59.7 Å². The molecule has 0 aliphatic heterocycles. The van der Waals surface area contributed by atoms with E-state index in [9.17, 15) is 9.59 Å². The van der Waals surface area contributed by atoms with Gasteiger partial charge < -0.3 is 10.3 Å². The summed E-state index contributed by atoms with van der Waals surface area (Å²) in [6, 6.07) is 15.6. The van der Waals surface area contributed by atoms with Gasteiger partial charge >= 0.3 is 0 Å². The Bertz CT molecular complexity index is 1420. The second kappa shape index (κ2) is 6.91. The maximum atomic E-state index is 12.9. The molecule has 0 aliphatic rings. The number of thiophene rings is 1. The molecule has 142 valence electrons. The standard InChI is InChI=1S/C21H14N4O2S2/c1-11-16-18(26)22-10-23-21(16)29-17(11)19(27)24-13-6-4-5-12(9-13)20-25-14-7-2-3-8-15(14)28-20/h2-10H,1H3,(H,24,27)(H,22,23,26). The number of fused-ring (bicyclic) bond motifs is 2. The van der Waals surface area contributed by atoms with Gasteiger partial charge in [0.05, 0.1) is 26.8 Å². The quantitative estimate of drug-likeness (QED) is 0.440. The molecular formula is C21H14N4O2S2. The summed E-state index contributed by atoms with van der Waals surface area (Å²) in [5.41, 5.74) is 2.97. The predicted molar refractivity (Wildman–Crippen MR) is 118 cm³/mol. The second-order valence-electron chi connectivity index (χ2n) is 6.49. The highest BCUT2D eigenvalue weighted by molar-refractivity contribution is 7.21. The molecule has 0 fully saturated rings. The highest BCUT2D eigenvalue weighted by Gasteiger charge is 2.18. The topological polar surface area (TPSA) is 87.7 Å². The zero-order valence-corrected chi connectivity index (χ0v) is 16.9. The lowest BCUT2D eigenvalue weighted by Crippen LogP contribution is -2.12. The fraction of sp³-hybridized carbons (Fsp3) is 0.0476. The minimum Gasteiger partial charge on any atom is -0.321 e. The van der Waals surface area contributed by atoms with Crippen molar-refractivity contribution < 1.29 is 4.79 Å². The second-order valence-corrected chi connectivity index (χ2v) is 8.52. The van der Waals surface area contributed by atoms with E-state index < -0.39 is 0 Å². The van der Waals surface area contributed by atoms with Crippen molar-refractivity contribution in [1.82, 2.24) is 15.0 Å². The number of carbonyl (C=O) groups is 1. The predicted octanol–water partition coefficient (Wildman–Crippen LogP) is 4.82. The van der Waals surface area contributed by atoms with Crippen molar-refractivity contribution in [3.05, 3.63) is 75.7 Å². The summed E-state index contributed by atoms with van der Waals surface area (Å²) in [6.45, 7) is 1.77. The molecule has 0 atom stereocenters. The number of H-pyrrole nitrogens is 1. The van der Waals surface area contributed by atoms with E-state index in [0.29, 0.717) is 26.3 Å². The molecule has 0 saturated heterocycles. The van der Waals surface area contributed by atoms with Crippen molar-refractivity contribution in [3.63, 3.8) is 0 Å². The number of anilines is 1. The highest BCUT2D eigenvalue weighted by atomic mass is 32.1. The Hall–Kier alpha value is -3.36. The number of aromatic nitrogens is 3. The molecule has 1 amide bonds. The first-order valence-electron chi connectivity index (χ1n) is 8.84. The number of aromatic amines is 1. The summed E-state index contributed by atoms with van der Waals surface area (Å²) < 4.78 is 1.12. The molecule has 5 rings (SSSR count). The van der Waals surface area contributed by atoms with E-state index in [2.05, 4.69) is 20.3 Å². The molecule has 0 radical (unpaired) electrons. The van der Waals surface area contributed by atoms with Gasteiger partial charge in [-0.05, 0) is 36.8 Å². The van der Waals surface area contributed by atoms with Gasteiger partial charge in [0.15, 0.2) is 0 Å².